The lowest BCUT2D eigenvalue weighted by molar-refractivity contribution is -0.119. The molecule has 1 aromatic heterocycles. The Morgan fingerprint density at radius 3 is 2.58 bits per heavy atom. The molecule has 0 bridgehead atoms. The third-order valence-corrected chi connectivity index (χ3v) is 6.62. The van der Waals surface area contributed by atoms with Gasteiger partial charge in [0.2, 0.25) is 5.91 Å². The second-order valence-electron chi connectivity index (χ2n) is 8.23. The molecule has 0 atom stereocenters. The number of nitrogens with one attached hydrogen (secondary N) is 1. The number of nitrogens with zero attached hydrogens (tertiary/aromatic N) is 3. The maximum Gasteiger partial charge on any atom is 0.230 e. The number of methoxy groups -OCH3 is 1. The number of hydrogen-bond donors (Lipinski definition) is 1. The molecule has 0 unspecified atom stereocenters. The van der Waals surface area contributed by atoms with Crippen LogP contribution >= 0.6 is 11.8 Å². The fourth-order valence-corrected chi connectivity index (χ4v) is 4.76. The van der Waals surface area contributed by atoms with E-state index in [9.17, 15) is 4.79 Å². The van der Waals surface area contributed by atoms with E-state index in [2.05, 4.69) is 21.6 Å². The van der Waals surface area contributed by atoms with Crippen molar-refractivity contribution in [2.75, 3.05) is 12.9 Å². The molecular formula is C25H30N4O3S. The first-order valence-electron chi connectivity index (χ1n) is 11.3. The summed E-state index contributed by atoms with van der Waals surface area (Å²) < 4.78 is 13.1. The second-order valence-corrected chi connectivity index (χ2v) is 9.17. The minimum atomic E-state index is 0.0433. The second kappa shape index (κ2) is 11.2. The number of aromatic nitrogens is 3. The number of ether oxygens (including phenoxy) is 2. The van der Waals surface area contributed by atoms with Crippen LogP contribution in [0.2, 0.25) is 0 Å². The van der Waals surface area contributed by atoms with Gasteiger partial charge < -0.3 is 14.8 Å². The molecule has 1 heterocycles. The van der Waals surface area contributed by atoms with E-state index in [0.29, 0.717) is 22.8 Å². The molecule has 33 heavy (non-hydrogen) atoms. The van der Waals surface area contributed by atoms with Gasteiger partial charge >= 0.3 is 0 Å². The van der Waals surface area contributed by atoms with E-state index in [1.807, 2.05) is 54.0 Å². The number of thioether (sulfide) groups is 1. The Balaban J connectivity index is 1.47. The van der Waals surface area contributed by atoms with Crippen molar-refractivity contribution in [3.05, 3.63) is 59.9 Å². The van der Waals surface area contributed by atoms with E-state index in [1.165, 1.54) is 31.0 Å². The van der Waals surface area contributed by atoms with Crippen molar-refractivity contribution in [1.29, 1.82) is 0 Å². The Hall–Kier alpha value is -3.00. The molecule has 1 N–H and O–H groups in total. The molecule has 7 nitrogen and oxygen atoms in total. The SMILES string of the molecule is COc1ccc(OCc2nnc(SCC(=O)NC3CCCCC3)n2-c2cccc(C)c2)cc1. The van der Waals surface area contributed by atoms with Crippen LogP contribution in [0.1, 0.15) is 43.5 Å². The summed E-state index contributed by atoms with van der Waals surface area (Å²) in [6.45, 7) is 2.30. The quantitative estimate of drug-likeness (QED) is 0.461. The molecule has 4 rings (SSSR count). The highest BCUT2D eigenvalue weighted by Gasteiger charge is 2.19. The van der Waals surface area contributed by atoms with Crippen LogP contribution in [0, 0.1) is 6.92 Å². The lowest BCUT2D eigenvalue weighted by Gasteiger charge is -2.22. The van der Waals surface area contributed by atoms with Crippen molar-refractivity contribution in [3.8, 4) is 17.2 Å². The Morgan fingerprint density at radius 2 is 1.85 bits per heavy atom. The summed E-state index contributed by atoms with van der Waals surface area (Å²) in [5.74, 6) is 2.51. The first-order valence-corrected chi connectivity index (χ1v) is 12.3. The van der Waals surface area contributed by atoms with E-state index in [1.54, 1.807) is 7.11 Å². The standard InChI is InChI=1S/C25H30N4O3S/c1-18-7-6-10-20(15-18)29-23(16-32-22-13-11-21(31-2)12-14-22)27-28-25(29)33-17-24(30)26-19-8-4-3-5-9-19/h6-7,10-15,19H,3-5,8-9,16-17H2,1-2H3,(H,26,30). The zero-order valence-corrected chi connectivity index (χ0v) is 19.9. The lowest BCUT2D eigenvalue weighted by Crippen LogP contribution is -2.37. The van der Waals surface area contributed by atoms with Crippen molar-refractivity contribution in [2.24, 2.45) is 0 Å². The maximum absolute atomic E-state index is 12.5. The summed E-state index contributed by atoms with van der Waals surface area (Å²) in [6, 6.07) is 15.9. The fourth-order valence-electron chi connectivity index (χ4n) is 3.98. The summed E-state index contributed by atoms with van der Waals surface area (Å²) in [5.41, 5.74) is 2.08. The molecular weight excluding hydrogens is 436 g/mol. The number of aryl methyl sites for hydroxylation is 1. The molecule has 3 aromatic rings. The molecule has 0 radical (unpaired) electrons. The van der Waals surface area contributed by atoms with Gasteiger partial charge in [0.25, 0.3) is 0 Å². The molecule has 0 spiro atoms. The highest BCUT2D eigenvalue weighted by atomic mass is 32.2. The van der Waals surface area contributed by atoms with Crippen LogP contribution in [-0.4, -0.2) is 39.6 Å². The molecule has 0 saturated heterocycles. The number of benzene rings is 2. The Kier molecular flexibility index (Phi) is 7.88. The third-order valence-electron chi connectivity index (χ3n) is 5.69. The molecule has 1 aliphatic rings. The summed E-state index contributed by atoms with van der Waals surface area (Å²) in [6.07, 6.45) is 5.79. The highest BCUT2D eigenvalue weighted by molar-refractivity contribution is 7.99. The monoisotopic (exact) mass is 466 g/mol. The molecule has 1 aliphatic carbocycles. The molecule has 8 heteroatoms. The van der Waals surface area contributed by atoms with Crippen molar-refractivity contribution in [3.63, 3.8) is 0 Å². The Morgan fingerprint density at radius 1 is 1.09 bits per heavy atom. The third kappa shape index (κ3) is 6.28. The summed E-state index contributed by atoms with van der Waals surface area (Å²) in [7, 11) is 1.63. The van der Waals surface area contributed by atoms with Gasteiger partial charge in [-0.3, -0.25) is 9.36 Å². The van der Waals surface area contributed by atoms with Gasteiger partial charge in [-0.25, -0.2) is 0 Å². The van der Waals surface area contributed by atoms with Gasteiger partial charge in [0.15, 0.2) is 11.0 Å². The van der Waals surface area contributed by atoms with Crippen molar-refractivity contribution < 1.29 is 14.3 Å². The summed E-state index contributed by atoms with van der Waals surface area (Å²) in [4.78, 5) is 12.5. The van der Waals surface area contributed by atoms with Crippen LogP contribution in [0.25, 0.3) is 5.69 Å². The molecule has 174 valence electrons. The number of carbonyl (C=O) groups is 1. The van der Waals surface area contributed by atoms with E-state index < -0.39 is 0 Å². The highest BCUT2D eigenvalue weighted by Crippen LogP contribution is 2.25. The normalized spacial score (nSPS) is 14.1. The summed E-state index contributed by atoms with van der Waals surface area (Å²) >= 11 is 1.40. The van der Waals surface area contributed by atoms with Crippen LogP contribution in [0.15, 0.2) is 53.7 Å². The molecule has 1 fully saturated rings. The Bertz CT molecular complexity index is 1060. The van der Waals surface area contributed by atoms with E-state index in [-0.39, 0.29) is 12.5 Å². The van der Waals surface area contributed by atoms with Crippen LogP contribution < -0.4 is 14.8 Å². The van der Waals surface area contributed by atoms with Crippen molar-refractivity contribution >= 4 is 17.7 Å². The van der Waals surface area contributed by atoms with Gasteiger partial charge in [0.1, 0.15) is 18.1 Å². The first kappa shape index (κ1) is 23.2. The summed E-state index contributed by atoms with van der Waals surface area (Å²) in [5, 5.41) is 12.6. The van der Waals surface area contributed by atoms with Crippen molar-refractivity contribution in [2.45, 2.75) is 56.8 Å². The minimum absolute atomic E-state index is 0.0433. The zero-order valence-electron chi connectivity index (χ0n) is 19.1. The average Bonchev–Trinajstić information content (AvgIpc) is 3.25. The predicted octanol–water partition coefficient (Wildman–Crippen LogP) is 4.70. The molecule has 1 saturated carbocycles. The number of hydrogen-bond acceptors (Lipinski definition) is 6. The largest absolute Gasteiger partial charge is 0.497 e. The average molecular weight is 467 g/mol. The predicted molar refractivity (Wildman–Crippen MR) is 129 cm³/mol. The first-order chi connectivity index (χ1) is 16.1. The number of carbonyl (C=O) groups excluding carboxylic acids is 1. The number of amides is 1. The lowest BCUT2D eigenvalue weighted by atomic mass is 9.95. The van der Waals surface area contributed by atoms with Crippen LogP contribution in [0.3, 0.4) is 0 Å². The number of rotatable bonds is 9. The van der Waals surface area contributed by atoms with E-state index in [4.69, 9.17) is 9.47 Å². The van der Waals surface area contributed by atoms with Gasteiger partial charge in [-0.05, 0) is 61.7 Å². The maximum atomic E-state index is 12.5. The van der Waals surface area contributed by atoms with Gasteiger partial charge in [0, 0.05) is 11.7 Å². The smallest absolute Gasteiger partial charge is 0.230 e. The van der Waals surface area contributed by atoms with Gasteiger partial charge in [-0.1, -0.05) is 43.2 Å². The van der Waals surface area contributed by atoms with Crippen molar-refractivity contribution in [1.82, 2.24) is 20.1 Å². The van der Waals surface area contributed by atoms with Gasteiger partial charge in [-0.2, -0.15) is 0 Å². The zero-order chi connectivity index (χ0) is 23.0. The van der Waals surface area contributed by atoms with Crippen LogP contribution in [0.4, 0.5) is 0 Å². The fraction of sp³-hybridized carbons (Fsp3) is 0.400. The topological polar surface area (TPSA) is 78.3 Å². The minimum Gasteiger partial charge on any atom is -0.497 e. The Labute approximate surface area is 198 Å². The molecule has 1 amide bonds. The van der Waals surface area contributed by atoms with Gasteiger partial charge in [0.05, 0.1) is 12.9 Å². The molecule has 0 aliphatic heterocycles. The van der Waals surface area contributed by atoms with E-state index in [0.717, 1.165) is 35.6 Å². The van der Waals surface area contributed by atoms with Crippen LogP contribution in [-0.2, 0) is 11.4 Å². The molecule has 2 aromatic carbocycles. The van der Waals surface area contributed by atoms with Gasteiger partial charge in [-0.15, -0.1) is 10.2 Å². The van der Waals surface area contributed by atoms with E-state index >= 15 is 0 Å². The van der Waals surface area contributed by atoms with Crippen LogP contribution in [0.5, 0.6) is 11.5 Å².